The monoisotopic (exact) mass is 252 g/mol. The van der Waals surface area contributed by atoms with E-state index in [9.17, 15) is 18.0 Å². The first-order valence-corrected chi connectivity index (χ1v) is 4.61. The van der Waals surface area contributed by atoms with Crippen LogP contribution in [0.1, 0.15) is 22.8 Å². The van der Waals surface area contributed by atoms with Gasteiger partial charge in [-0.3, -0.25) is 4.79 Å². The molecule has 16 heavy (non-hydrogen) atoms. The number of benzene rings is 1. The van der Waals surface area contributed by atoms with Gasteiger partial charge in [0.15, 0.2) is 5.78 Å². The predicted molar refractivity (Wildman–Crippen MR) is 53.0 cm³/mol. The van der Waals surface area contributed by atoms with Gasteiger partial charge in [-0.1, -0.05) is 11.6 Å². The lowest BCUT2D eigenvalue weighted by molar-refractivity contribution is -0.138. The molecule has 0 heterocycles. The third-order valence-corrected chi connectivity index (χ3v) is 2.38. The maximum absolute atomic E-state index is 12.7. The molecule has 0 fully saturated rings. The van der Waals surface area contributed by atoms with Crippen molar-refractivity contribution in [3.63, 3.8) is 0 Å². The summed E-state index contributed by atoms with van der Waals surface area (Å²) in [6.45, 7) is 1.15. The van der Waals surface area contributed by atoms with Crippen LogP contribution in [0.2, 0.25) is 5.02 Å². The fraction of sp³-hybridized carbons (Fsp3) is 0.300. The summed E-state index contributed by atoms with van der Waals surface area (Å²) in [6, 6.07) is 2.28. The van der Waals surface area contributed by atoms with Crippen LogP contribution in [-0.2, 0) is 6.18 Å². The highest BCUT2D eigenvalue weighted by Crippen LogP contribution is 2.42. The molecule has 0 spiro atoms. The standard InChI is InChI=1S/C10H8ClF3O2/c1-5(15)6-3-4-7(16-2)8(9(6)11)10(12,13)14/h3-4H,1-2H3. The first kappa shape index (κ1) is 12.8. The molecular formula is C10H8ClF3O2. The van der Waals surface area contributed by atoms with Gasteiger partial charge in [0.1, 0.15) is 11.3 Å². The van der Waals surface area contributed by atoms with Crippen LogP contribution in [-0.4, -0.2) is 12.9 Å². The van der Waals surface area contributed by atoms with Gasteiger partial charge in [-0.15, -0.1) is 0 Å². The Balaban J connectivity index is 3.53. The lowest BCUT2D eigenvalue weighted by Crippen LogP contribution is -2.11. The Bertz CT molecular complexity index is 427. The molecule has 0 saturated carbocycles. The van der Waals surface area contributed by atoms with E-state index < -0.39 is 28.3 Å². The van der Waals surface area contributed by atoms with Crippen LogP contribution in [0.5, 0.6) is 5.75 Å². The van der Waals surface area contributed by atoms with E-state index in [1.807, 2.05) is 0 Å². The van der Waals surface area contributed by atoms with E-state index in [1.165, 1.54) is 6.07 Å². The van der Waals surface area contributed by atoms with Crippen molar-refractivity contribution >= 4 is 17.4 Å². The van der Waals surface area contributed by atoms with Gasteiger partial charge in [-0.05, 0) is 19.1 Å². The predicted octanol–water partition coefficient (Wildman–Crippen LogP) is 3.57. The van der Waals surface area contributed by atoms with E-state index >= 15 is 0 Å². The molecular weight excluding hydrogens is 245 g/mol. The SMILES string of the molecule is COc1ccc(C(C)=O)c(Cl)c1C(F)(F)F. The van der Waals surface area contributed by atoms with Gasteiger partial charge in [0.05, 0.1) is 12.1 Å². The molecule has 2 nitrogen and oxygen atoms in total. The zero-order valence-electron chi connectivity index (χ0n) is 8.48. The van der Waals surface area contributed by atoms with Gasteiger partial charge in [0.25, 0.3) is 0 Å². The molecule has 1 aromatic rings. The Kier molecular flexibility index (Phi) is 3.48. The summed E-state index contributed by atoms with van der Waals surface area (Å²) >= 11 is 5.55. The third kappa shape index (κ3) is 2.29. The molecule has 1 aromatic carbocycles. The van der Waals surface area contributed by atoms with Crippen molar-refractivity contribution in [2.24, 2.45) is 0 Å². The topological polar surface area (TPSA) is 26.3 Å². The average Bonchev–Trinajstić information content (AvgIpc) is 2.14. The minimum Gasteiger partial charge on any atom is -0.496 e. The highest BCUT2D eigenvalue weighted by molar-refractivity contribution is 6.34. The lowest BCUT2D eigenvalue weighted by Gasteiger charge is -2.15. The number of rotatable bonds is 2. The molecule has 6 heteroatoms. The molecule has 0 unspecified atom stereocenters. The minimum atomic E-state index is -4.66. The molecule has 88 valence electrons. The van der Waals surface area contributed by atoms with Crippen LogP contribution in [0.15, 0.2) is 12.1 Å². The van der Waals surface area contributed by atoms with E-state index in [4.69, 9.17) is 11.6 Å². The number of carbonyl (C=O) groups is 1. The van der Waals surface area contributed by atoms with Crippen LogP contribution in [0.4, 0.5) is 13.2 Å². The van der Waals surface area contributed by atoms with Crippen molar-refractivity contribution in [3.8, 4) is 5.75 Å². The molecule has 0 radical (unpaired) electrons. The van der Waals surface area contributed by atoms with E-state index in [-0.39, 0.29) is 5.56 Å². The molecule has 0 bridgehead atoms. The Hall–Kier alpha value is -1.23. The van der Waals surface area contributed by atoms with Crippen molar-refractivity contribution < 1.29 is 22.7 Å². The largest absolute Gasteiger partial charge is 0.496 e. The van der Waals surface area contributed by atoms with Gasteiger partial charge < -0.3 is 4.74 Å². The lowest BCUT2D eigenvalue weighted by atomic mass is 10.1. The Morgan fingerprint density at radius 1 is 1.38 bits per heavy atom. The number of Topliss-reactive ketones (excluding diaryl/α,β-unsaturated/α-hetero) is 1. The second-order valence-electron chi connectivity index (χ2n) is 3.06. The molecule has 0 atom stereocenters. The molecule has 0 aromatic heterocycles. The Labute approximate surface area is 95.0 Å². The minimum absolute atomic E-state index is 0.171. The van der Waals surface area contributed by atoms with Gasteiger partial charge in [0, 0.05) is 5.56 Å². The van der Waals surface area contributed by atoms with Gasteiger partial charge in [0.2, 0.25) is 0 Å². The smallest absolute Gasteiger partial charge is 0.421 e. The summed E-state index contributed by atoms with van der Waals surface area (Å²) < 4.78 is 42.6. The summed E-state index contributed by atoms with van der Waals surface area (Å²) in [4.78, 5) is 11.1. The molecule has 0 aliphatic rings. The fourth-order valence-electron chi connectivity index (χ4n) is 1.26. The first-order valence-electron chi connectivity index (χ1n) is 4.23. The Morgan fingerprint density at radius 2 is 1.94 bits per heavy atom. The number of hydrogen-bond donors (Lipinski definition) is 0. The van der Waals surface area contributed by atoms with Gasteiger partial charge in [-0.2, -0.15) is 13.2 Å². The number of hydrogen-bond acceptors (Lipinski definition) is 2. The summed E-state index contributed by atoms with van der Waals surface area (Å²) in [6.07, 6.45) is -4.66. The van der Waals surface area contributed by atoms with E-state index in [1.54, 1.807) is 0 Å². The number of alkyl halides is 3. The number of carbonyl (C=O) groups excluding carboxylic acids is 1. The van der Waals surface area contributed by atoms with E-state index in [0.717, 1.165) is 20.1 Å². The van der Waals surface area contributed by atoms with Gasteiger partial charge >= 0.3 is 6.18 Å². The van der Waals surface area contributed by atoms with Crippen molar-refractivity contribution in [1.82, 2.24) is 0 Å². The molecule has 0 saturated heterocycles. The summed E-state index contributed by atoms with van der Waals surface area (Å²) in [7, 11) is 1.11. The summed E-state index contributed by atoms with van der Waals surface area (Å²) in [5, 5.41) is -0.626. The first-order chi connectivity index (χ1) is 7.29. The maximum Gasteiger partial charge on any atom is 0.421 e. The summed E-state index contributed by atoms with van der Waals surface area (Å²) in [5.41, 5.74) is -1.29. The van der Waals surface area contributed by atoms with Crippen LogP contribution in [0, 0.1) is 0 Å². The molecule has 0 N–H and O–H groups in total. The highest BCUT2D eigenvalue weighted by Gasteiger charge is 2.38. The normalized spacial score (nSPS) is 11.4. The fourth-order valence-corrected chi connectivity index (χ4v) is 1.66. The zero-order valence-corrected chi connectivity index (χ0v) is 9.24. The Morgan fingerprint density at radius 3 is 2.31 bits per heavy atom. The number of ketones is 1. The van der Waals surface area contributed by atoms with Crippen molar-refractivity contribution in [3.05, 3.63) is 28.3 Å². The second-order valence-corrected chi connectivity index (χ2v) is 3.44. The van der Waals surface area contributed by atoms with Crippen LogP contribution >= 0.6 is 11.6 Å². The third-order valence-electron chi connectivity index (χ3n) is 1.99. The maximum atomic E-state index is 12.7. The van der Waals surface area contributed by atoms with Crippen LogP contribution in [0.3, 0.4) is 0 Å². The highest BCUT2D eigenvalue weighted by atomic mass is 35.5. The molecule has 0 aliphatic carbocycles. The number of methoxy groups -OCH3 is 1. The molecule has 1 rings (SSSR count). The van der Waals surface area contributed by atoms with Crippen LogP contribution in [0.25, 0.3) is 0 Å². The van der Waals surface area contributed by atoms with E-state index in [0.29, 0.717) is 0 Å². The number of halogens is 4. The van der Waals surface area contributed by atoms with Crippen LogP contribution < -0.4 is 4.74 Å². The molecule has 0 amide bonds. The van der Waals surface area contributed by atoms with Crippen molar-refractivity contribution in [1.29, 1.82) is 0 Å². The quantitative estimate of drug-likeness (QED) is 0.752. The zero-order chi connectivity index (χ0) is 12.5. The number of ether oxygens (including phenoxy) is 1. The van der Waals surface area contributed by atoms with Crippen molar-refractivity contribution in [2.75, 3.05) is 7.11 Å². The van der Waals surface area contributed by atoms with Gasteiger partial charge in [-0.25, -0.2) is 0 Å². The average molecular weight is 253 g/mol. The summed E-state index contributed by atoms with van der Waals surface area (Å²) in [5.74, 6) is -0.930. The van der Waals surface area contributed by atoms with E-state index in [2.05, 4.69) is 4.74 Å². The van der Waals surface area contributed by atoms with Crippen molar-refractivity contribution in [2.45, 2.75) is 13.1 Å². The second kappa shape index (κ2) is 4.33. The molecule has 0 aliphatic heterocycles.